The molecule has 0 aliphatic rings. The van der Waals surface area contributed by atoms with E-state index in [0.717, 1.165) is 0 Å². The van der Waals surface area contributed by atoms with Crippen molar-refractivity contribution in [2.75, 3.05) is 6.54 Å². The van der Waals surface area contributed by atoms with E-state index in [1.807, 2.05) is 0 Å². The molecule has 2 rings (SSSR count). The first-order chi connectivity index (χ1) is 8.70. The normalized spacial score (nSPS) is 10.4. The van der Waals surface area contributed by atoms with Gasteiger partial charge in [-0.25, -0.2) is 8.78 Å². The third-order valence-electron chi connectivity index (χ3n) is 2.51. The lowest BCUT2D eigenvalue weighted by molar-refractivity contribution is 0.465. The predicted molar refractivity (Wildman–Crippen MR) is 65.6 cm³/mol. The second kappa shape index (κ2) is 5.60. The molecule has 2 N–H and O–H groups in total. The van der Waals surface area contributed by atoms with Gasteiger partial charge >= 0.3 is 0 Å². The Morgan fingerprint density at radius 1 is 1.00 bits per heavy atom. The van der Waals surface area contributed by atoms with Crippen molar-refractivity contribution in [1.29, 1.82) is 0 Å². The maximum atomic E-state index is 13.6. The SMILES string of the molecule is NCCc1c(F)cccc1Oc1ccc(F)cc1. The van der Waals surface area contributed by atoms with Crippen LogP contribution in [0.3, 0.4) is 0 Å². The molecular formula is C14H13F2NO. The maximum absolute atomic E-state index is 13.6. The average molecular weight is 249 g/mol. The van der Waals surface area contributed by atoms with Crippen molar-refractivity contribution in [2.45, 2.75) is 6.42 Å². The van der Waals surface area contributed by atoms with Gasteiger partial charge in [0.25, 0.3) is 0 Å². The smallest absolute Gasteiger partial charge is 0.133 e. The molecule has 18 heavy (non-hydrogen) atoms. The lowest BCUT2D eigenvalue weighted by Gasteiger charge is -2.11. The number of ether oxygens (including phenoxy) is 1. The molecule has 0 radical (unpaired) electrons. The van der Waals surface area contributed by atoms with Crippen LogP contribution in [0.25, 0.3) is 0 Å². The number of hydrogen-bond acceptors (Lipinski definition) is 2. The number of nitrogens with two attached hydrogens (primary N) is 1. The van der Waals surface area contributed by atoms with Gasteiger partial charge in [-0.2, -0.15) is 0 Å². The molecule has 0 saturated heterocycles. The van der Waals surface area contributed by atoms with Crippen LogP contribution in [-0.4, -0.2) is 6.54 Å². The molecule has 0 amide bonds. The minimum absolute atomic E-state index is 0.334. The summed E-state index contributed by atoms with van der Waals surface area (Å²) < 4.78 is 31.9. The molecule has 94 valence electrons. The number of hydrogen-bond donors (Lipinski definition) is 1. The first kappa shape index (κ1) is 12.5. The Balaban J connectivity index is 2.28. The van der Waals surface area contributed by atoms with Crippen molar-refractivity contribution in [3.05, 3.63) is 59.7 Å². The van der Waals surface area contributed by atoms with Crippen LogP contribution in [0.2, 0.25) is 0 Å². The fraction of sp³-hybridized carbons (Fsp3) is 0.143. The number of benzene rings is 2. The quantitative estimate of drug-likeness (QED) is 0.902. The first-order valence-corrected chi connectivity index (χ1v) is 5.61. The van der Waals surface area contributed by atoms with Gasteiger partial charge in [0.1, 0.15) is 23.1 Å². The number of rotatable bonds is 4. The topological polar surface area (TPSA) is 35.2 Å². The second-order valence-electron chi connectivity index (χ2n) is 3.81. The molecule has 4 heteroatoms. The summed E-state index contributed by atoms with van der Waals surface area (Å²) in [5.74, 6) is 0.177. The zero-order chi connectivity index (χ0) is 13.0. The van der Waals surface area contributed by atoms with E-state index >= 15 is 0 Å². The molecular weight excluding hydrogens is 236 g/mol. The van der Waals surface area contributed by atoms with E-state index in [0.29, 0.717) is 30.0 Å². The highest BCUT2D eigenvalue weighted by Gasteiger charge is 2.09. The van der Waals surface area contributed by atoms with Gasteiger partial charge in [-0.3, -0.25) is 0 Å². The van der Waals surface area contributed by atoms with E-state index in [9.17, 15) is 8.78 Å². The maximum Gasteiger partial charge on any atom is 0.133 e. The Bertz CT molecular complexity index is 526. The Hall–Kier alpha value is -1.94. The minimum Gasteiger partial charge on any atom is -0.457 e. The van der Waals surface area contributed by atoms with Crippen molar-refractivity contribution >= 4 is 0 Å². The predicted octanol–water partition coefficient (Wildman–Crippen LogP) is 3.26. The lowest BCUT2D eigenvalue weighted by atomic mass is 10.1. The van der Waals surface area contributed by atoms with Gasteiger partial charge in [0, 0.05) is 5.56 Å². The largest absolute Gasteiger partial charge is 0.457 e. The molecule has 0 heterocycles. The Morgan fingerprint density at radius 3 is 2.39 bits per heavy atom. The van der Waals surface area contributed by atoms with Crippen molar-refractivity contribution in [3.63, 3.8) is 0 Å². The van der Waals surface area contributed by atoms with Crippen LogP contribution in [-0.2, 0) is 6.42 Å². The van der Waals surface area contributed by atoms with Crippen LogP contribution in [0, 0.1) is 11.6 Å². The van der Waals surface area contributed by atoms with E-state index in [-0.39, 0.29) is 11.6 Å². The molecule has 0 fully saturated rings. The van der Waals surface area contributed by atoms with Crippen LogP contribution < -0.4 is 10.5 Å². The molecule has 2 aromatic rings. The molecule has 0 aliphatic heterocycles. The fourth-order valence-corrected chi connectivity index (χ4v) is 1.65. The molecule has 0 atom stereocenters. The van der Waals surface area contributed by atoms with Crippen LogP contribution in [0.4, 0.5) is 8.78 Å². The standard InChI is InChI=1S/C14H13F2NO/c15-10-4-6-11(7-5-10)18-14-3-1-2-13(16)12(14)8-9-17/h1-7H,8-9,17H2. The van der Waals surface area contributed by atoms with Crippen molar-refractivity contribution in [1.82, 2.24) is 0 Å². The van der Waals surface area contributed by atoms with Gasteiger partial charge < -0.3 is 10.5 Å². The van der Waals surface area contributed by atoms with Crippen molar-refractivity contribution in [2.24, 2.45) is 5.73 Å². The van der Waals surface area contributed by atoms with Gasteiger partial charge in [-0.1, -0.05) is 6.07 Å². The van der Waals surface area contributed by atoms with Gasteiger partial charge in [0.2, 0.25) is 0 Å². The third-order valence-corrected chi connectivity index (χ3v) is 2.51. The molecule has 0 aliphatic carbocycles. The zero-order valence-corrected chi connectivity index (χ0v) is 9.70. The van der Waals surface area contributed by atoms with E-state index in [2.05, 4.69) is 0 Å². The third kappa shape index (κ3) is 2.84. The lowest BCUT2D eigenvalue weighted by Crippen LogP contribution is -2.06. The molecule has 0 saturated carbocycles. The van der Waals surface area contributed by atoms with Crippen LogP contribution >= 0.6 is 0 Å². The Labute approximate surface area is 104 Å². The van der Waals surface area contributed by atoms with E-state index in [1.165, 1.54) is 30.3 Å². The highest BCUT2D eigenvalue weighted by molar-refractivity contribution is 5.39. The van der Waals surface area contributed by atoms with Crippen LogP contribution in [0.5, 0.6) is 11.5 Å². The van der Waals surface area contributed by atoms with E-state index < -0.39 is 0 Å². The number of halogens is 2. The first-order valence-electron chi connectivity index (χ1n) is 5.61. The zero-order valence-electron chi connectivity index (χ0n) is 9.70. The molecule has 0 aromatic heterocycles. The molecule has 2 nitrogen and oxygen atoms in total. The highest BCUT2D eigenvalue weighted by atomic mass is 19.1. The van der Waals surface area contributed by atoms with Crippen LogP contribution in [0.1, 0.15) is 5.56 Å². The van der Waals surface area contributed by atoms with Gasteiger partial charge in [0.05, 0.1) is 0 Å². The summed E-state index contributed by atoms with van der Waals surface area (Å²) in [6.07, 6.45) is 0.392. The van der Waals surface area contributed by atoms with Crippen molar-refractivity contribution < 1.29 is 13.5 Å². The van der Waals surface area contributed by atoms with Gasteiger partial charge in [-0.05, 0) is 49.4 Å². The summed E-state index contributed by atoms with van der Waals surface area (Å²) in [6, 6.07) is 10.2. The summed E-state index contributed by atoms with van der Waals surface area (Å²) in [5.41, 5.74) is 5.87. The Morgan fingerprint density at radius 2 is 1.72 bits per heavy atom. The average Bonchev–Trinajstić information content (AvgIpc) is 2.36. The van der Waals surface area contributed by atoms with Crippen LogP contribution in [0.15, 0.2) is 42.5 Å². The van der Waals surface area contributed by atoms with E-state index in [1.54, 1.807) is 12.1 Å². The molecule has 0 bridgehead atoms. The van der Waals surface area contributed by atoms with Gasteiger partial charge in [-0.15, -0.1) is 0 Å². The highest BCUT2D eigenvalue weighted by Crippen LogP contribution is 2.27. The van der Waals surface area contributed by atoms with Crippen molar-refractivity contribution in [3.8, 4) is 11.5 Å². The summed E-state index contributed by atoms with van der Waals surface area (Å²) in [4.78, 5) is 0. The molecule has 0 spiro atoms. The molecule has 2 aromatic carbocycles. The summed E-state index contributed by atoms with van der Waals surface area (Å²) >= 11 is 0. The summed E-state index contributed by atoms with van der Waals surface area (Å²) in [5, 5.41) is 0. The fourth-order valence-electron chi connectivity index (χ4n) is 1.65. The molecule has 0 unspecified atom stereocenters. The van der Waals surface area contributed by atoms with Gasteiger partial charge in [0.15, 0.2) is 0 Å². The Kier molecular flexibility index (Phi) is 3.89. The minimum atomic E-state index is -0.347. The second-order valence-corrected chi connectivity index (χ2v) is 3.81. The monoisotopic (exact) mass is 249 g/mol. The summed E-state index contributed by atoms with van der Waals surface area (Å²) in [7, 11) is 0. The summed E-state index contributed by atoms with van der Waals surface area (Å²) in [6.45, 7) is 0.334. The van der Waals surface area contributed by atoms with E-state index in [4.69, 9.17) is 10.5 Å².